The molecule has 11 heavy (non-hydrogen) atoms. The molecular weight excluding hydrogens is 222 g/mol. The van der Waals surface area contributed by atoms with E-state index in [1.54, 1.807) is 0 Å². The summed E-state index contributed by atoms with van der Waals surface area (Å²) in [5.74, 6) is 0. The molecule has 0 aliphatic rings. The van der Waals surface area contributed by atoms with E-state index in [1.807, 2.05) is 24.3 Å². The fourth-order valence-electron chi connectivity index (χ4n) is 0.788. The molecule has 1 aromatic rings. The molecule has 0 aromatic heterocycles. The molecule has 3 heteroatoms. The van der Waals surface area contributed by atoms with Crippen LogP contribution in [-0.2, 0) is 6.42 Å². The first-order valence-corrected chi connectivity index (χ1v) is 4.37. The summed E-state index contributed by atoms with van der Waals surface area (Å²) in [5, 5.41) is 0. The lowest BCUT2D eigenvalue weighted by molar-refractivity contribution is 1.31. The molecule has 57 valence electrons. The van der Waals surface area contributed by atoms with Gasteiger partial charge in [0.05, 0.1) is 4.99 Å². The summed E-state index contributed by atoms with van der Waals surface area (Å²) in [7, 11) is 0. The van der Waals surface area contributed by atoms with Gasteiger partial charge in [-0.15, -0.1) is 0 Å². The average Bonchev–Trinajstić information content (AvgIpc) is 1.93. The molecule has 0 bridgehead atoms. The maximum absolute atomic E-state index is 7.09. The molecule has 0 spiro atoms. The molecular formula is C8H7BrNS. The first-order chi connectivity index (χ1) is 5.18. The van der Waals surface area contributed by atoms with Crippen LogP contribution in [-0.4, -0.2) is 4.99 Å². The Hall–Kier alpha value is -0.410. The van der Waals surface area contributed by atoms with Crippen molar-refractivity contribution in [3.05, 3.63) is 34.3 Å². The Labute approximate surface area is 79.7 Å². The monoisotopic (exact) mass is 228 g/mol. The van der Waals surface area contributed by atoms with Crippen LogP contribution in [0.3, 0.4) is 0 Å². The van der Waals surface area contributed by atoms with Crippen molar-refractivity contribution >= 4 is 33.1 Å². The van der Waals surface area contributed by atoms with Gasteiger partial charge in [-0.05, 0) is 17.7 Å². The number of nitrogens with one attached hydrogen (secondary N) is 1. The maximum atomic E-state index is 7.09. The molecule has 1 radical (unpaired) electrons. The van der Waals surface area contributed by atoms with Crippen LogP contribution in [0, 0.1) is 0 Å². The summed E-state index contributed by atoms with van der Waals surface area (Å²) in [5.41, 5.74) is 8.18. The lowest BCUT2D eigenvalue weighted by Gasteiger charge is -1.97. The average molecular weight is 229 g/mol. The van der Waals surface area contributed by atoms with Crippen molar-refractivity contribution in [1.29, 1.82) is 0 Å². The Morgan fingerprint density at radius 1 is 1.36 bits per heavy atom. The minimum Gasteiger partial charge on any atom is -0.293 e. The van der Waals surface area contributed by atoms with Crippen molar-refractivity contribution in [2.24, 2.45) is 0 Å². The second-order valence-electron chi connectivity index (χ2n) is 2.23. The van der Waals surface area contributed by atoms with E-state index in [0.29, 0.717) is 6.42 Å². The van der Waals surface area contributed by atoms with E-state index >= 15 is 0 Å². The third kappa shape index (κ3) is 2.99. The summed E-state index contributed by atoms with van der Waals surface area (Å²) in [6.07, 6.45) is 0.572. The summed E-state index contributed by atoms with van der Waals surface area (Å²) in [6, 6.07) is 7.83. The van der Waals surface area contributed by atoms with Crippen LogP contribution in [0.15, 0.2) is 28.7 Å². The highest BCUT2D eigenvalue weighted by Crippen LogP contribution is 2.10. The molecule has 1 aromatic carbocycles. The van der Waals surface area contributed by atoms with Gasteiger partial charge in [0.15, 0.2) is 0 Å². The van der Waals surface area contributed by atoms with E-state index in [9.17, 15) is 0 Å². The minimum atomic E-state index is 0.285. The highest BCUT2D eigenvalue weighted by atomic mass is 79.9. The van der Waals surface area contributed by atoms with Gasteiger partial charge in [0.1, 0.15) is 0 Å². The predicted molar refractivity (Wildman–Crippen MR) is 53.5 cm³/mol. The van der Waals surface area contributed by atoms with E-state index in [2.05, 4.69) is 28.1 Å². The van der Waals surface area contributed by atoms with E-state index in [-0.39, 0.29) is 4.99 Å². The molecule has 0 amide bonds. The molecule has 0 heterocycles. The Bertz CT molecular complexity index is 255. The zero-order valence-electron chi connectivity index (χ0n) is 5.80. The second-order valence-corrected chi connectivity index (χ2v) is 3.63. The van der Waals surface area contributed by atoms with Gasteiger partial charge in [-0.25, -0.2) is 0 Å². The quantitative estimate of drug-likeness (QED) is 0.715. The van der Waals surface area contributed by atoms with Gasteiger partial charge in [0.2, 0.25) is 0 Å². The normalized spacial score (nSPS) is 9.55. The van der Waals surface area contributed by atoms with Crippen LogP contribution in [0.25, 0.3) is 0 Å². The van der Waals surface area contributed by atoms with Crippen LogP contribution in [0.2, 0.25) is 0 Å². The third-order valence-electron chi connectivity index (χ3n) is 1.28. The third-order valence-corrected chi connectivity index (χ3v) is 1.95. The van der Waals surface area contributed by atoms with Gasteiger partial charge < -0.3 is 0 Å². The van der Waals surface area contributed by atoms with Crippen LogP contribution < -0.4 is 5.73 Å². The molecule has 0 fully saturated rings. The van der Waals surface area contributed by atoms with Crippen molar-refractivity contribution in [3.63, 3.8) is 0 Å². The SMILES string of the molecule is [NH]C(=S)Cc1ccc(Br)cc1. The number of halogens is 1. The van der Waals surface area contributed by atoms with Crippen LogP contribution in [0.1, 0.15) is 5.56 Å². The molecule has 0 atom stereocenters. The fraction of sp³-hybridized carbons (Fsp3) is 0.125. The van der Waals surface area contributed by atoms with E-state index < -0.39 is 0 Å². The predicted octanol–water partition coefficient (Wildman–Crippen LogP) is 2.60. The fourth-order valence-corrected chi connectivity index (χ4v) is 1.22. The van der Waals surface area contributed by atoms with Gasteiger partial charge in [0.25, 0.3) is 0 Å². The Morgan fingerprint density at radius 2 is 1.91 bits per heavy atom. The van der Waals surface area contributed by atoms with Crippen molar-refractivity contribution in [2.45, 2.75) is 6.42 Å². The zero-order valence-corrected chi connectivity index (χ0v) is 8.21. The van der Waals surface area contributed by atoms with Crippen molar-refractivity contribution < 1.29 is 0 Å². The number of thiocarbonyl (C=S) groups is 1. The standard InChI is InChI=1S/C8H7BrNS/c9-7-3-1-6(2-4-7)5-8(10)11/h1-4,10H,5H2. The van der Waals surface area contributed by atoms with Gasteiger partial charge in [-0.3, -0.25) is 5.73 Å². The second kappa shape index (κ2) is 3.83. The molecule has 1 N–H and O–H groups in total. The Balaban J connectivity index is 2.74. The molecule has 1 nitrogen and oxygen atoms in total. The maximum Gasteiger partial charge on any atom is 0.0984 e. The molecule has 1 rings (SSSR count). The summed E-state index contributed by atoms with van der Waals surface area (Å²) in [4.78, 5) is 0.285. The molecule has 0 unspecified atom stereocenters. The van der Waals surface area contributed by atoms with Crippen molar-refractivity contribution in [2.75, 3.05) is 0 Å². The summed E-state index contributed by atoms with van der Waals surface area (Å²) < 4.78 is 1.05. The van der Waals surface area contributed by atoms with Gasteiger partial charge in [-0.1, -0.05) is 40.3 Å². The van der Waals surface area contributed by atoms with Crippen LogP contribution in [0.4, 0.5) is 0 Å². The van der Waals surface area contributed by atoms with Gasteiger partial charge >= 0.3 is 0 Å². The van der Waals surface area contributed by atoms with E-state index in [4.69, 9.17) is 5.73 Å². The summed E-state index contributed by atoms with van der Waals surface area (Å²) in [6.45, 7) is 0. The molecule has 0 saturated heterocycles. The molecule has 0 aliphatic carbocycles. The summed E-state index contributed by atoms with van der Waals surface area (Å²) >= 11 is 8.00. The Kier molecular flexibility index (Phi) is 3.02. The zero-order chi connectivity index (χ0) is 8.27. The topological polar surface area (TPSA) is 23.8 Å². The lowest BCUT2D eigenvalue weighted by atomic mass is 10.2. The van der Waals surface area contributed by atoms with E-state index in [0.717, 1.165) is 10.0 Å². The number of hydrogen-bond donors (Lipinski definition) is 0. The first kappa shape index (κ1) is 8.68. The van der Waals surface area contributed by atoms with Crippen LogP contribution in [0.5, 0.6) is 0 Å². The smallest absolute Gasteiger partial charge is 0.0984 e. The van der Waals surface area contributed by atoms with Gasteiger partial charge in [0, 0.05) is 10.9 Å². The van der Waals surface area contributed by atoms with Gasteiger partial charge in [-0.2, -0.15) is 0 Å². The van der Waals surface area contributed by atoms with Crippen LogP contribution >= 0.6 is 28.1 Å². The highest BCUT2D eigenvalue weighted by Gasteiger charge is 1.94. The largest absolute Gasteiger partial charge is 0.293 e. The highest BCUT2D eigenvalue weighted by molar-refractivity contribution is 9.10. The minimum absolute atomic E-state index is 0.285. The number of benzene rings is 1. The first-order valence-electron chi connectivity index (χ1n) is 3.17. The van der Waals surface area contributed by atoms with Crippen molar-refractivity contribution in [3.8, 4) is 0 Å². The van der Waals surface area contributed by atoms with Crippen molar-refractivity contribution in [1.82, 2.24) is 5.73 Å². The molecule has 0 saturated carbocycles. The number of rotatable bonds is 2. The lowest BCUT2D eigenvalue weighted by Crippen LogP contribution is -1.98. The number of hydrogen-bond acceptors (Lipinski definition) is 1. The Morgan fingerprint density at radius 3 is 2.36 bits per heavy atom. The molecule has 0 aliphatic heterocycles. The van der Waals surface area contributed by atoms with E-state index in [1.165, 1.54) is 0 Å².